The van der Waals surface area contributed by atoms with E-state index in [1.807, 2.05) is 31.2 Å². The molecule has 0 aliphatic carbocycles. The van der Waals surface area contributed by atoms with Crippen LogP contribution in [-0.2, 0) is 13.0 Å². The number of nitrogens with two attached hydrogens (primary N) is 1. The van der Waals surface area contributed by atoms with Crippen molar-refractivity contribution in [1.82, 2.24) is 15.0 Å². The molecule has 2 rings (SSSR count). The van der Waals surface area contributed by atoms with Crippen LogP contribution in [0.4, 0.5) is 0 Å². The molecule has 0 aliphatic heterocycles. The average molecular weight is 237 g/mol. The van der Waals surface area contributed by atoms with E-state index in [1.54, 1.807) is 4.68 Å². The van der Waals surface area contributed by atoms with Gasteiger partial charge < -0.3 is 5.73 Å². The van der Waals surface area contributed by atoms with Gasteiger partial charge in [0, 0.05) is 6.54 Å². The molecule has 0 unspecified atom stereocenters. The van der Waals surface area contributed by atoms with Gasteiger partial charge in [0.25, 0.3) is 0 Å². The largest absolute Gasteiger partial charge is 0.325 e. The molecule has 0 saturated carbocycles. The minimum atomic E-state index is 0.404. The van der Waals surface area contributed by atoms with Gasteiger partial charge >= 0.3 is 0 Å². The number of hydrogen-bond donors (Lipinski definition) is 1. The molecule has 2 aromatic rings. The molecule has 0 saturated heterocycles. The minimum absolute atomic E-state index is 0.404. The van der Waals surface area contributed by atoms with Gasteiger partial charge in [-0.3, -0.25) is 0 Å². The molecule has 0 amide bonds. The van der Waals surface area contributed by atoms with Crippen LogP contribution in [0.1, 0.15) is 18.3 Å². The Morgan fingerprint density at radius 2 is 2.12 bits per heavy atom. The summed E-state index contributed by atoms with van der Waals surface area (Å²) in [5.41, 5.74) is 8.36. The molecule has 0 radical (unpaired) electrons. The summed E-state index contributed by atoms with van der Waals surface area (Å²) in [6, 6.07) is 7.51. The summed E-state index contributed by atoms with van der Waals surface area (Å²) >= 11 is 6.11. The lowest BCUT2D eigenvalue weighted by Crippen LogP contribution is -2.09. The first kappa shape index (κ1) is 11.1. The first-order valence-electron chi connectivity index (χ1n) is 5.16. The quantitative estimate of drug-likeness (QED) is 0.886. The van der Waals surface area contributed by atoms with Crippen LogP contribution in [-0.4, -0.2) is 15.0 Å². The lowest BCUT2D eigenvalue weighted by atomic mass is 10.2. The zero-order chi connectivity index (χ0) is 11.5. The second kappa shape index (κ2) is 4.63. The van der Waals surface area contributed by atoms with Crippen LogP contribution >= 0.6 is 11.6 Å². The molecule has 0 bridgehead atoms. The van der Waals surface area contributed by atoms with Crippen molar-refractivity contribution < 1.29 is 0 Å². The highest BCUT2D eigenvalue weighted by atomic mass is 35.5. The molecule has 1 aromatic heterocycles. The Balaban J connectivity index is 2.56. The summed E-state index contributed by atoms with van der Waals surface area (Å²) in [7, 11) is 0. The maximum absolute atomic E-state index is 6.11. The van der Waals surface area contributed by atoms with Crippen molar-refractivity contribution in [2.75, 3.05) is 0 Å². The average Bonchev–Trinajstić information content (AvgIpc) is 2.72. The van der Waals surface area contributed by atoms with E-state index in [-0.39, 0.29) is 0 Å². The summed E-state index contributed by atoms with van der Waals surface area (Å²) in [6.07, 6.45) is 0.816. The second-order valence-electron chi connectivity index (χ2n) is 3.40. The molecule has 1 heterocycles. The van der Waals surface area contributed by atoms with E-state index in [2.05, 4.69) is 10.3 Å². The highest BCUT2D eigenvalue weighted by Crippen LogP contribution is 2.21. The molecule has 5 heteroatoms. The van der Waals surface area contributed by atoms with E-state index in [4.69, 9.17) is 17.3 Å². The monoisotopic (exact) mass is 236 g/mol. The smallest absolute Gasteiger partial charge is 0.0874 e. The lowest BCUT2D eigenvalue weighted by Gasteiger charge is -2.06. The van der Waals surface area contributed by atoms with Crippen molar-refractivity contribution in [2.45, 2.75) is 19.9 Å². The van der Waals surface area contributed by atoms with Crippen molar-refractivity contribution in [3.8, 4) is 5.69 Å². The molecule has 0 atom stereocenters. The molecule has 16 heavy (non-hydrogen) atoms. The Morgan fingerprint density at radius 1 is 1.38 bits per heavy atom. The van der Waals surface area contributed by atoms with Crippen molar-refractivity contribution in [1.29, 1.82) is 0 Å². The number of benzene rings is 1. The molecule has 4 nitrogen and oxygen atoms in total. The number of rotatable bonds is 3. The zero-order valence-electron chi connectivity index (χ0n) is 9.02. The topological polar surface area (TPSA) is 56.7 Å². The number of halogens is 1. The second-order valence-corrected chi connectivity index (χ2v) is 3.81. The maximum atomic E-state index is 6.11. The molecule has 84 valence electrons. The van der Waals surface area contributed by atoms with Gasteiger partial charge in [0.05, 0.1) is 22.1 Å². The Hall–Kier alpha value is -1.39. The van der Waals surface area contributed by atoms with Crippen LogP contribution in [0.2, 0.25) is 5.02 Å². The Morgan fingerprint density at radius 3 is 2.75 bits per heavy atom. The summed E-state index contributed by atoms with van der Waals surface area (Å²) in [5.74, 6) is 0. The summed E-state index contributed by atoms with van der Waals surface area (Å²) in [6.45, 7) is 2.43. The minimum Gasteiger partial charge on any atom is -0.325 e. The van der Waals surface area contributed by atoms with E-state index in [1.165, 1.54) is 0 Å². The van der Waals surface area contributed by atoms with Gasteiger partial charge in [-0.15, -0.1) is 5.10 Å². The zero-order valence-corrected chi connectivity index (χ0v) is 9.78. The molecule has 0 fully saturated rings. The normalized spacial score (nSPS) is 10.7. The van der Waals surface area contributed by atoms with Crippen LogP contribution in [0.5, 0.6) is 0 Å². The fraction of sp³-hybridized carbons (Fsp3) is 0.273. The first-order chi connectivity index (χ1) is 7.77. The van der Waals surface area contributed by atoms with Crippen LogP contribution in [0.3, 0.4) is 0 Å². The van der Waals surface area contributed by atoms with E-state index in [9.17, 15) is 0 Å². The molecular weight excluding hydrogens is 224 g/mol. The fourth-order valence-corrected chi connectivity index (χ4v) is 1.84. The van der Waals surface area contributed by atoms with E-state index < -0.39 is 0 Å². The van der Waals surface area contributed by atoms with Crippen molar-refractivity contribution in [2.24, 2.45) is 5.73 Å². The number of nitrogens with zero attached hydrogens (tertiary/aromatic N) is 3. The highest BCUT2D eigenvalue weighted by Gasteiger charge is 2.12. The predicted octanol–water partition coefficient (Wildman–Crippen LogP) is 1.94. The molecule has 2 N–H and O–H groups in total. The van der Waals surface area contributed by atoms with Gasteiger partial charge in [-0.1, -0.05) is 35.9 Å². The maximum Gasteiger partial charge on any atom is 0.0874 e. The standard InChI is InChI=1S/C11H13ClN4/c1-2-9-11(7-13)16(15-14-9)10-6-4-3-5-8(10)12/h3-6H,2,7,13H2,1H3. The van der Waals surface area contributed by atoms with E-state index in [0.29, 0.717) is 11.6 Å². The number of hydrogen-bond acceptors (Lipinski definition) is 3. The van der Waals surface area contributed by atoms with Crippen LogP contribution in [0, 0.1) is 0 Å². The van der Waals surface area contributed by atoms with Crippen molar-refractivity contribution in [3.63, 3.8) is 0 Å². The number of aromatic nitrogens is 3. The Kier molecular flexibility index (Phi) is 3.22. The van der Waals surface area contributed by atoms with Crippen molar-refractivity contribution >= 4 is 11.6 Å². The van der Waals surface area contributed by atoms with Crippen LogP contribution in [0.15, 0.2) is 24.3 Å². The Labute approximate surface area is 99.0 Å². The molecule has 0 aliphatic rings. The van der Waals surface area contributed by atoms with E-state index in [0.717, 1.165) is 23.5 Å². The lowest BCUT2D eigenvalue weighted by molar-refractivity contribution is 0.762. The predicted molar refractivity (Wildman–Crippen MR) is 63.6 cm³/mol. The SMILES string of the molecule is CCc1nnn(-c2ccccc2Cl)c1CN. The van der Waals surface area contributed by atoms with Crippen LogP contribution in [0.25, 0.3) is 5.69 Å². The van der Waals surface area contributed by atoms with Crippen LogP contribution < -0.4 is 5.73 Å². The van der Waals surface area contributed by atoms with Gasteiger partial charge in [-0.05, 0) is 18.6 Å². The third kappa shape index (κ3) is 1.81. The third-order valence-electron chi connectivity index (χ3n) is 2.45. The molecule has 1 aromatic carbocycles. The summed E-state index contributed by atoms with van der Waals surface area (Å²) < 4.78 is 1.71. The molecular formula is C11H13ClN4. The number of aryl methyl sites for hydroxylation is 1. The first-order valence-corrected chi connectivity index (χ1v) is 5.54. The number of para-hydroxylation sites is 1. The summed E-state index contributed by atoms with van der Waals surface area (Å²) in [4.78, 5) is 0. The van der Waals surface area contributed by atoms with Crippen molar-refractivity contribution in [3.05, 3.63) is 40.7 Å². The van der Waals surface area contributed by atoms with E-state index >= 15 is 0 Å². The molecule has 0 spiro atoms. The van der Waals surface area contributed by atoms with Gasteiger partial charge in [0.2, 0.25) is 0 Å². The van der Waals surface area contributed by atoms with Gasteiger partial charge in [-0.25, -0.2) is 4.68 Å². The van der Waals surface area contributed by atoms with Gasteiger partial charge in [0.1, 0.15) is 0 Å². The fourth-order valence-electron chi connectivity index (χ4n) is 1.63. The third-order valence-corrected chi connectivity index (χ3v) is 2.77. The Bertz CT molecular complexity index is 492. The van der Waals surface area contributed by atoms with Gasteiger partial charge in [-0.2, -0.15) is 0 Å². The van der Waals surface area contributed by atoms with Gasteiger partial charge in [0.15, 0.2) is 0 Å². The summed E-state index contributed by atoms with van der Waals surface area (Å²) in [5, 5.41) is 8.83. The highest BCUT2D eigenvalue weighted by molar-refractivity contribution is 6.32.